The Morgan fingerprint density at radius 1 is 1.09 bits per heavy atom. The number of carbonyl (C=O) groups excluding carboxylic acids is 1. The summed E-state index contributed by atoms with van der Waals surface area (Å²) >= 11 is 1.62. The van der Waals surface area contributed by atoms with E-state index in [0.29, 0.717) is 25.4 Å². The molecule has 4 nitrogen and oxygen atoms in total. The van der Waals surface area contributed by atoms with Crippen LogP contribution in [0, 0.1) is 0 Å². The number of hydrogen-bond donors (Lipinski definition) is 1. The highest BCUT2D eigenvalue weighted by atomic mass is 32.2. The monoisotopic (exact) mass is 329 g/mol. The summed E-state index contributed by atoms with van der Waals surface area (Å²) in [7, 11) is 0. The third kappa shape index (κ3) is 6.42. The highest BCUT2D eigenvalue weighted by Gasteiger charge is 2.12. The lowest BCUT2D eigenvalue weighted by atomic mass is 10.1. The minimum Gasteiger partial charge on any atom is -0.340 e. The Kier molecular flexibility index (Phi) is 7.63. The van der Waals surface area contributed by atoms with Crippen LogP contribution in [0.15, 0.2) is 54.9 Å². The van der Waals surface area contributed by atoms with Gasteiger partial charge in [0, 0.05) is 37.8 Å². The minimum absolute atomic E-state index is 0.153. The lowest BCUT2D eigenvalue weighted by Crippen LogP contribution is -2.38. The van der Waals surface area contributed by atoms with E-state index in [4.69, 9.17) is 5.73 Å². The predicted octanol–water partition coefficient (Wildman–Crippen LogP) is 2.34. The van der Waals surface area contributed by atoms with Crippen molar-refractivity contribution in [1.29, 1.82) is 0 Å². The zero-order valence-corrected chi connectivity index (χ0v) is 14.0. The number of carbonyl (C=O) groups is 1. The molecule has 0 spiro atoms. The standard InChI is InChI=1S/C18H23N3OS/c19-9-12-21(11-8-16-5-2-1-3-6-16)18(22)15-23-14-17-7-4-10-20-13-17/h1-7,10,13H,8-9,11-12,14-15,19H2. The number of benzene rings is 1. The normalized spacial score (nSPS) is 10.5. The SMILES string of the molecule is NCCN(CCc1ccccc1)C(=O)CSCc1cccnc1. The van der Waals surface area contributed by atoms with Crippen LogP contribution in [0.25, 0.3) is 0 Å². The zero-order valence-electron chi connectivity index (χ0n) is 13.2. The summed E-state index contributed by atoms with van der Waals surface area (Å²) in [6.45, 7) is 1.82. The molecule has 0 saturated heterocycles. The molecule has 0 aliphatic heterocycles. The molecule has 0 aliphatic rings. The number of pyridine rings is 1. The van der Waals surface area contributed by atoms with Crippen LogP contribution in [-0.4, -0.2) is 41.2 Å². The van der Waals surface area contributed by atoms with Gasteiger partial charge in [-0.1, -0.05) is 36.4 Å². The lowest BCUT2D eigenvalue weighted by molar-refractivity contribution is -0.128. The van der Waals surface area contributed by atoms with Gasteiger partial charge in [-0.2, -0.15) is 0 Å². The van der Waals surface area contributed by atoms with Gasteiger partial charge in [0.2, 0.25) is 5.91 Å². The predicted molar refractivity (Wildman–Crippen MR) is 96.2 cm³/mol. The molecule has 0 fully saturated rings. The first-order valence-corrected chi connectivity index (χ1v) is 8.93. The van der Waals surface area contributed by atoms with Crippen LogP contribution in [0.1, 0.15) is 11.1 Å². The number of nitrogens with zero attached hydrogens (tertiary/aromatic N) is 2. The number of aromatic nitrogens is 1. The Hall–Kier alpha value is -1.85. The minimum atomic E-state index is 0.153. The summed E-state index contributed by atoms with van der Waals surface area (Å²) in [5.41, 5.74) is 8.03. The van der Waals surface area contributed by atoms with Crippen LogP contribution in [0.3, 0.4) is 0 Å². The van der Waals surface area contributed by atoms with Crippen molar-refractivity contribution >= 4 is 17.7 Å². The van der Waals surface area contributed by atoms with Crippen molar-refractivity contribution in [2.24, 2.45) is 5.73 Å². The second-order valence-electron chi connectivity index (χ2n) is 5.26. The van der Waals surface area contributed by atoms with E-state index >= 15 is 0 Å². The van der Waals surface area contributed by atoms with Gasteiger partial charge in [-0.3, -0.25) is 9.78 Å². The number of hydrogen-bond acceptors (Lipinski definition) is 4. The maximum atomic E-state index is 12.4. The van der Waals surface area contributed by atoms with Gasteiger partial charge in [-0.05, 0) is 23.6 Å². The van der Waals surface area contributed by atoms with Crippen molar-refractivity contribution in [2.75, 3.05) is 25.4 Å². The Balaban J connectivity index is 1.78. The highest BCUT2D eigenvalue weighted by molar-refractivity contribution is 7.99. The second-order valence-corrected chi connectivity index (χ2v) is 6.24. The quantitative estimate of drug-likeness (QED) is 0.767. The van der Waals surface area contributed by atoms with Gasteiger partial charge in [0.15, 0.2) is 0 Å². The van der Waals surface area contributed by atoms with E-state index in [9.17, 15) is 4.79 Å². The van der Waals surface area contributed by atoms with Crippen molar-refractivity contribution in [3.05, 3.63) is 66.0 Å². The fourth-order valence-electron chi connectivity index (χ4n) is 2.26. The van der Waals surface area contributed by atoms with Crippen LogP contribution < -0.4 is 5.73 Å². The summed E-state index contributed by atoms with van der Waals surface area (Å²) in [5.74, 6) is 1.43. The fraction of sp³-hybridized carbons (Fsp3) is 0.333. The summed E-state index contributed by atoms with van der Waals surface area (Å²) in [6, 6.07) is 14.2. The van der Waals surface area contributed by atoms with Crippen molar-refractivity contribution in [1.82, 2.24) is 9.88 Å². The summed E-state index contributed by atoms with van der Waals surface area (Å²) < 4.78 is 0. The average molecular weight is 329 g/mol. The molecular formula is C18H23N3OS. The van der Waals surface area contributed by atoms with Crippen molar-refractivity contribution < 1.29 is 4.79 Å². The molecule has 0 bridgehead atoms. The van der Waals surface area contributed by atoms with Crippen LogP contribution in [0.4, 0.5) is 0 Å². The van der Waals surface area contributed by atoms with Gasteiger partial charge >= 0.3 is 0 Å². The van der Waals surface area contributed by atoms with Gasteiger partial charge in [0.1, 0.15) is 0 Å². The van der Waals surface area contributed by atoms with E-state index in [2.05, 4.69) is 17.1 Å². The molecule has 0 aliphatic carbocycles. The summed E-state index contributed by atoms with van der Waals surface area (Å²) in [6.07, 6.45) is 4.45. The van der Waals surface area contributed by atoms with Gasteiger partial charge in [-0.15, -0.1) is 11.8 Å². The van der Waals surface area contributed by atoms with Crippen LogP contribution in [-0.2, 0) is 17.0 Å². The lowest BCUT2D eigenvalue weighted by Gasteiger charge is -2.22. The van der Waals surface area contributed by atoms with Gasteiger partial charge < -0.3 is 10.6 Å². The van der Waals surface area contributed by atoms with Crippen molar-refractivity contribution in [2.45, 2.75) is 12.2 Å². The van der Waals surface area contributed by atoms with Gasteiger partial charge in [0.05, 0.1) is 5.75 Å². The van der Waals surface area contributed by atoms with E-state index < -0.39 is 0 Å². The largest absolute Gasteiger partial charge is 0.340 e. The molecule has 0 radical (unpaired) electrons. The second kappa shape index (κ2) is 10.0. The van der Waals surface area contributed by atoms with Crippen molar-refractivity contribution in [3.8, 4) is 0 Å². The molecule has 5 heteroatoms. The first-order valence-electron chi connectivity index (χ1n) is 7.78. The Labute approximate surface area is 142 Å². The number of rotatable bonds is 9. The average Bonchev–Trinajstić information content (AvgIpc) is 2.60. The molecule has 1 amide bonds. The van der Waals surface area contributed by atoms with Crippen LogP contribution in [0.5, 0.6) is 0 Å². The van der Waals surface area contributed by atoms with E-state index in [0.717, 1.165) is 17.7 Å². The van der Waals surface area contributed by atoms with E-state index in [1.54, 1.807) is 18.0 Å². The molecule has 2 rings (SSSR count). The summed E-state index contributed by atoms with van der Waals surface area (Å²) in [5, 5.41) is 0. The van der Waals surface area contributed by atoms with E-state index in [1.165, 1.54) is 5.56 Å². The number of amides is 1. The van der Waals surface area contributed by atoms with Crippen LogP contribution in [0.2, 0.25) is 0 Å². The first-order chi connectivity index (χ1) is 11.3. The number of nitrogens with two attached hydrogens (primary N) is 1. The Bertz CT molecular complexity index is 577. The van der Waals surface area contributed by atoms with Gasteiger partial charge in [0.25, 0.3) is 0 Å². The maximum Gasteiger partial charge on any atom is 0.232 e. The molecular weight excluding hydrogens is 306 g/mol. The maximum absolute atomic E-state index is 12.4. The molecule has 2 N–H and O–H groups in total. The Morgan fingerprint density at radius 2 is 1.87 bits per heavy atom. The van der Waals surface area contributed by atoms with Gasteiger partial charge in [-0.25, -0.2) is 0 Å². The molecule has 0 unspecified atom stereocenters. The summed E-state index contributed by atoms with van der Waals surface area (Å²) in [4.78, 5) is 18.3. The Morgan fingerprint density at radius 3 is 2.57 bits per heavy atom. The molecule has 1 aromatic carbocycles. The molecule has 0 atom stereocenters. The third-order valence-corrected chi connectivity index (χ3v) is 4.47. The van der Waals surface area contributed by atoms with Crippen molar-refractivity contribution in [3.63, 3.8) is 0 Å². The van der Waals surface area contributed by atoms with E-state index in [-0.39, 0.29) is 5.91 Å². The molecule has 1 aromatic heterocycles. The fourth-order valence-corrected chi connectivity index (χ4v) is 3.12. The topological polar surface area (TPSA) is 59.2 Å². The van der Waals surface area contributed by atoms with Crippen LogP contribution >= 0.6 is 11.8 Å². The zero-order chi connectivity index (χ0) is 16.3. The van der Waals surface area contributed by atoms with E-state index in [1.807, 2.05) is 41.4 Å². The first kappa shape index (κ1) is 17.5. The molecule has 1 heterocycles. The molecule has 0 saturated carbocycles. The third-order valence-electron chi connectivity index (χ3n) is 3.48. The smallest absolute Gasteiger partial charge is 0.232 e. The highest BCUT2D eigenvalue weighted by Crippen LogP contribution is 2.12. The molecule has 2 aromatic rings. The number of thioether (sulfide) groups is 1. The molecule has 23 heavy (non-hydrogen) atoms. The molecule has 122 valence electrons.